The summed E-state index contributed by atoms with van der Waals surface area (Å²) in [5.74, 6) is 1.30. The molecule has 0 amide bonds. The number of benzene rings is 1. The second-order valence-corrected chi connectivity index (χ2v) is 8.81. The lowest BCUT2D eigenvalue weighted by Gasteiger charge is -2.65. The maximum atomic E-state index is 12.5. The third kappa shape index (κ3) is 2.09. The standard InChI is InChI=1S/C22H29NO2/c1-25-22-10-9-18(24)14-21(22)11-12-23(15-16-5-4-6-16)20(22)13-17-7-2-3-8-19(17)21/h2-3,7-8,16,20H,4-6,9-15H2,1H3/t20?,21-,22?/m1/s1. The van der Waals surface area contributed by atoms with Crippen LogP contribution in [0.4, 0.5) is 0 Å². The summed E-state index contributed by atoms with van der Waals surface area (Å²) in [6.45, 7) is 2.34. The molecule has 3 heteroatoms. The highest BCUT2D eigenvalue weighted by Gasteiger charge is 2.65. The minimum atomic E-state index is -0.183. The Morgan fingerprint density at radius 1 is 1.24 bits per heavy atom. The van der Waals surface area contributed by atoms with Crippen LogP contribution >= 0.6 is 0 Å². The van der Waals surface area contributed by atoms with Crippen LogP contribution in [0.15, 0.2) is 24.3 Å². The summed E-state index contributed by atoms with van der Waals surface area (Å²) in [6, 6.07) is 9.30. The molecule has 25 heavy (non-hydrogen) atoms. The van der Waals surface area contributed by atoms with Gasteiger partial charge in [-0.15, -0.1) is 0 Å². The van der Waals surface area contributed by atoms with Gasteiger partial charge in [0, 0.05) is 38.0 Å². The van der Waals surface area contributed by atoms with Crippen LogP contribution in [0.1, 0.15) is 56.1 Å². The van der Waals surface area contributed by atoms with Gasteiger partial charge < -0.3 is 4.74 Å². The van der Waals surface area contributed by atoms with Crippen LogP contribution < -0.4 is 0 Å². The molecule has 1 aliphatic heterocycles. The van der Waals surface area contributed by atoms with Gasteiger partial charge in [-0.05, 0) is 55.7 Å². The molecule has 2 bridgehead atoms. The van der Waals surface area contributed by atoms with E-state index in [4.69, 9.17) is 4.74 Å². The van der Waals surface area contributed by atoms with E-state index < -0.39 is 0 Å². The van der Waals surface area contributed by atoms with Gasteiger partial charge in [0.25, 0.3) is 0 Å². The Kier molecular flexibility index (Phi) is 3.62. The normalized spacial score (nSPS) is 38.0. The van der Waals surface area contributed by atoms with E-state index in [1.54, 1.807) is 0 Å². The van der Waals surface area contributed by atoms with Crippen molar-refractivity contribution in [1.29, 1.82) is 0 Å². The van der Waals surface area contributed by atoms with Gasteiger partial charge >= 0.3 is 0 Å². The highest BCUT2D eigenvalue weighted by Crippen LogP contribution is 2.59. The fourth-order valence-corrected chi connectivity index (χ4v) is 6.49. The highest BCUT2D eigenvalue weighted by molar-refractivity contribution is 5.82. The van der Waals surface area contributed by atoms with Crippen LogP contribution in [0.3, 0.4) is 0 Å². The Bertz CT molecular complexity index is 697. The summed E-state index contributed by atoms with van der Waals surface area (Å²) in [5.41, 5.74) is 2.57. The van der Waals surface area contributed by atoms with E-state index in [9.17, 15) is 4.79 Å². The summed E-state index contributed by atoms with van der Waals surface area (Å²) < 4.78 is 6.42. The molecule has 0 N–H and O–H groups in total. The first-order valence-electron chi connectivity index (χ1n) is 10.1. The SMILES string of the molecule is COC12CCC(=O)C[C@@]13CCN(CC1CCC1)C2Cc1ccccc13. The molecule has 0 radical (unpaired) electrons. The van der Waals surface area contributed by atoms with Crippen molar-refractivity contribution < 1.29 is 9.53 Å². The highest BCUT2D eigenvalue weighted by atomic mass is 16.5. The summed E-state index contributed by atoms with van der Waals surface area (Å²) >= 11 is 0. The number of hydrogen-bond acceptors (Lipinski definition) is 3. The Balaban J connectivity index is 1.62. The van der Waals surface area contributed by atoms with Gasteiger partial charge in [0.2, 0.25) is 0 Å². The van der Waals surface area contributed by atoms with E-state index in [1.807, 2.05) is 7.11 Å². The number of carbonyl (C=O) groups excluding carboxylic acids is 1. The Labute approximate surface area is 150 Å². The zero-order valence-electron chi connectivity index (χ0n) is 15.3. The molecule has 5 rings (SSSR count). The first-order chi connectivity index (χ1) is 12.2. The molecule has 3 atom stereocenters. The third-order valence-electron chi connectivity index (χ3n) is 7.92. The summed E-state index contributed by atoms with van der Waals surface area (Å²) in [6.07, 6.45) is 8.58. The number of carbonyl (C=O) groups is 1. The summed E-state index contributed by atoms with van der Waals surface area (Å²) in [5, 5.41) is 0. The largest absolute Gasteiger partial charge is 0.376 e. The molecule has 1 aromatic carbocycles. The minimum absolute atomic E-state index is 0.104. The van der Waals surface area contributed by atoms with Gasteiger partial charge in [-0.1, -0.05) is 30.7 Å². The van der Waals surface area contributed by atoms with Crippen molar-refractivity contribution >= 4 is 5.78 Å². The lowest BCUT2D eigenvalue weighted by atomic mass is 9.49. The molecule has 2 saturated carbocycles. The monoisotopic (exact) mass is 339 g/mol. The number of ketones is 1. The van der Waals surface area contributed by atoms with Crippen molar-refractivity contribution in [2.45, 2.75) is 68.4 Å². The van der Waals surface area contributed by atoms with Gasteiger partial charge in [-0.25, -0.2) is 0 Å². The molecule has 4 aliphatic rings. The smallest absolute Gasteiger partial charge is 0.134 e. The Hall–Kier alpha value is -1.19. The van der Waals surface area contributed by atoms with Crippen molar-refractivity contribution in [3.63, 3.8) is 0 Å². The molecule has 0 aromatic heterocycles. The second-order valence-electron chi connectivity index (χ2n) is 8.81. The average molecular weight is 339 g/mol. The number of hydrogen-bond donors (Lipinski definition) is 0. The molecule has 1 aromatic rings. The van der Waals surface area contributed by atoms with Gasteiger partial charge in [-0.2, -0.15) is 0 Å². The number of likely N-dealkylation sites (tertiary alicyclic amines) is 1. The van der Waals surface area contributed by atoms with Crippen LogP contribution in [0.25, 0.3) is 0 Å². The zero-order chi connectivity index (χ0) is 17.1. The predicted molar refractivity (Wildman–Crippen MR) is 97.7 cm³/mol. The zero-order valence-corrected chi connectivity index (χ0v) is 15.3. The molecule has 0 spiro atoms. The maximum Gasteiger partial charge on any atom is 0.134 e. The number of nitrogens with zero attached hydrogens (tertiary/aromatic N) is 1. The summed E-state index contributed by atoms with van der Waals surface area (Å²) in [4.78, 5) is 15.3. The number of piperidine rings is 1. The van der Waals surface area contributed by atoms with Gasteiger partial charge in [0.05, 0.1) is 5.60 Å². The fraction of sp³-hybridized carbons (Fsp3) is 0.682. The first kappa shape index (κ1) is 16.0. The number of Topliss-reactive ketones (excluding diaryl/α,β-unsaturated/α-hetero) is 1. The van der Waals surface area contributed by atoms with E-state index in [1.165, 1.54) is 36.9 Å². The summed E-state index contributed by atoms with van der Waals surface area (Å²) in [7, 11) is 1.90. The Morgan fingerprint density at radius 2 is 2.08 bits per heavy atom. The molecule has 134 valence electrons. The molecular formula is C22H29NO2. The molecule has 2 unspecified atom stereocenters. The van der Waals surface area contributed by atoms with Crippen molar-refractivity contribution in [3.05, 3.63) is 35.4 Å². The van der Waals surface area contributed by atoms with Crippen LogP contribution in [0.2, 0.25) is 0 Å². The van der Waals surface area contributed by atoms with Crippen molar-refractivity contribution in [2.75, 3.05) is 20.2 Å². The lowest BCUT2D eigenvalue weighted by Crippen LogP contribution is -2.74. The molecule has 1 heterocycles. The number of rotatable bonds is 3. The molecular weight excluding hydrogens is 310 g/mol. The van der Waals surface area contributed by atoms with Gasteiger partial charge in [-0.3, -0.25) is 9.69 Å². The van der Waals surface area contributed by atoms with E-state index in [0.29, 0.717) is 24.7 Å². The van der Waals surface area contributed by atoms with Gasteiger partial charge in [0.15, 0.2) is 0 Å². The fourth-order valence-electron chi connectivity index (χ4n) is 6.49. The van der Waals surface area contributed by atoms with Crippen molar-refractivity contribution in [1.82, 2.24) is 4.90 Å². The Morgan fingerprint density at radius 3 is 2.84 bits per heavy atom. The van der Waals surface area contributed by atoms with Crippen LogP contribution in [0, 0.1) is 5.92 Å². The predicted octanol–water partition coefficient (Wildman–Crippen LogP) is 3.49. The average Bonchev–Trinajstić information content (AvgIpc) is 2.59. The van der Waals surface area contributed by atoms with E-state index in [2.05, 4.69) is 29.2 Å². The molecule has 3 fully saturated rings. The third-order valence-corrected chi connectivity index (χ3v) is 7.92. The minimum Gasteiger partial charge on any atom is -0.376 e. The van der Waals surface area contributed by atoms with Crippen LogP contribution in [-0.4, -0.2) is 42.5 Å². The molecule has 3 nitrogen and oxygen atoms in total. The lowest BCUT2D eigenvalue weighted by molar-refractivity contribution is -0.189. The second kappa shape index (κ2) is 5.65. The van der Waals surface area contributed by atoms with E-state index >= 15 is 0 Å². The topological polar surface area (TPSA) is 29.5 Å². The van der Waals surface area contributed by atoms with Gasteiger partial charge in [0.1, 0.15) is 5.78 Å². The van der Waals surface area contributed by atoms with Crippen LogP contribution in [-0.2, 0) is 21.4 Å². The molecule has 1 saturated heterocycles. The van der Waals surface area contributed by atoms with Crippen LogP contribution in [0.5, 0.6) is 0 Å². The number of methoxy groups -OCH3 is 1. The van der Waals surface area contributed by atoms with Crippen molar-refractivity contribution in [3.8, 4) is 0 Å². The maximum absolute atomic E-state index is 12.5. The first-order valence-corrected chi connectivity index (χ1v) is 10.1. The van der Waals surface area contributed by atoms with E-state index in [0.717, 1.165) is 31.7 Å². The molecule has 3 aliphatic carbocycles. The van der Waals surface area contributed by atoms with E-state index in [-0.39, 0.29) is 11.0 Å². The number of ether oxygens (including phenoxy) is 1. The number of fused-ring (bicyclic) bond motifs is 1. The quantitative estimate of drug-likeness (QED) is 0.844. The van der Waals surface area contributed by atoms with Crippen molar-refractivity contribution in [2.24, 2.45) is 5.92 Å².